The smallest absolute Gasteiger partial charge is 0.161 e. The highest BCUT2D eigenvalue weighted by Gasteiger charge is 2.04. The quantitative estimate of drug-likeness (QED) is 0.847. The van der Waals surface area contributed by atoms with Crippen LogP contribution in [0.15, 0.2) is 30.6 Å². The molecule has 0 fully saturated rings. The molecule has 3 heteroatoms. The summed E-state index contributed by atoms with van der Waals surface area (Å²) in [6, 6.07) is 10.5. The number of nitrogens with one attached hydrogen (secondary N) is 1. The van der Waals surface area contributed by atoms with E-state index in [2.05, 4.69) is 47.2 Å². The van der Waals surface area contributed by atoms with Crippen molar-refractivity contribution in [2.45, 2.75) is 19.8 Å². The van der Waals surface area contributed by atoms with Gasteiger partial charge in [-0.1, -0.05) is 29.8 Å². The van der Waals surface area contributed by atoms with E-state index < -0.39 is 0 Å². The number of hydrogen-bond donors (Lipinski definition) is 1. The van der Waals surface area contributed by atoms with Gasteiger partial charge in [-0.05, 0) is 25.3 Å². The van der Waals surface area contributed by atoms with Gasteiger partial charge >= 0.3 is 0 Å². The van der Waals surface area contributed by atoms with Crippen LogP contribution in [0.3, 0.4) is 0 Å². The Balaban J connectivity index is 2.03. The third-order valence-corrected chi connectivity index (χ3v) is 2.61. The molecular formula is C13H13N3. The molecule has 1 aromatic heterocycles. The first kappa shape index (κ1) is 10.4. The van der Waals surface area contributed by atoms with Gasteiger partial charge < -0.3 is 4.98 Å². The summed E-state index contributed by atoms with van der Waals surface area (Å²) in [5.74, 6) is 0. The van der Waals surface area contributed by atoms with Gasteiger partial charge in [0.15, 0.2) is 5.69 Å². The summed E-state index contributed by atoms with van der Waals surface area (Å²) >= 11 is 0. The second-order valence-corrected chi connectivity index (χ2v) is 3.83. The fourth-order valence-electron chi connectivity index (χ4n) is 1.63. The molecule has 16 heavy (non-hydrogen) atoms. The average Bonchev–Trinajstić information content (AvgIpc) is 2.76. The molecule has 0 aliphatic carbocycles. The molecule has 0 saturated carbocycles. The molecular weight excluding hydrogens is 198 g/mol. The minimum absolute atomic E-state index is 0.507. The Bertz CT molecular complexity index is 503. The number of aryl methyl sites for hydroxylation is 3. The Morgan fingerprint density at radius 1 is 1.25 bits per heavy atom. The van der Waals surface area contributed by atoms with Crippen LogP contribution in [0.4, 0.5) is 0 Å². The minimum atomic E-state index is 0.507. The molecule has 0 aliphatic heterocycles. The molecule has 1 N–H and O–H groups in total. The standard InChI is InChI=1S/C13H13N3/c1-10-2-4-11(5-3-10)6-7-12-13(8-14)16-9-15-12/h2-5,9H,6-7H2,1H3,(H,15,16). The van der Waals surface area contributed by atoms with E-state index in [4.69, 9.17) is 5.26 Å². The van der Waals surface area contributed by atoms with Crippen LogP contribution in [-0.2, 0) is 12.8 Å². The highest BCUT2D eigenvalue weighted by Crippen LogP contribution is 2.09. The normalized spacial score (nSPS) is 10.0. The molecule has 0 aliphatic rings. The number of H-pyrrole nitrogens is 1. The van der Waals surface area contributed by atoms with Gasteiger partial charge in [-0.3, -0.25) is 0 Å². The fraction of sp³-hybridized carbons (Fsp3) is 0.231. The zero-order chi connectivity index (χ0) is 11.4. The van der Waals surface area contributed by atoms with E-state index in [-0.39, 0.29) is 0 Å². The zero-order valence-electron chi connectivity index (χ0n) is 9.20. The molecule has 80 valence electrons. The van der Waals surface area contributed by atoms with Crippen molar-refractivity contribution in [1.29, 1.82) is 5.26 Å². The van der Waals surface area contributed by atoms with Gasteiger partial charge in [-0.15, -0.1) is 0 Å². The van der Waals surface area contributed by atoms with Crippen LogP contribution in [0.2, 0.25) is 0 Å². The van der Waals surface area contributed by atoms with Crippen LogP contribution in [0.5, 0.6) is 0 Å². The van der Waals surface area contributed by atoms with E-state index in [0.717, 1.165) is 18.5 Å². The second kappa shape index (κ2) is 4.63. The van der Waals surface area contributed by atoms with Gasteiger partial charge in [-0.25, -0.2) is 4.98 Å². The zero-order valence-corrected chi connectivity index (χ0v) is 9.20. The molecule has 2 rings (SSSR count). The first-order chi connectivity index (χ1) is 7.79. The summed E-state index contributed by atoms with van der Waals surface area (Å²) in [4.78, 5) is 6.95. The molecule has 0 spiro atoms. The number of nitrogens with zero attached hydrogens (tertiary/aromatic N) is 2. The summed E-state index contributed by atoms with van der Waals surface area (Å²) in [5, 5.41) is 8.81. The molecule has 0 amide bonds. The Morgan fingerprint density at radius 3 is 2.69 bits per heavy atom. The number of hydrogen-bond acceptors (Lipinski definition) is 2. The van der Waals surface area contributed by atoms with E-state index in [1.165, 1.54) is 11.1 Å². The summed E-state index contributed by atoms with van der Waals surface area (Å²) in [7, 11) is 0. The Kier molecular flexibility index (Phi) is 3.02. The van der Waals surface area contributed by atoms with Gasteiger partial charge in [0.25, 0.3) is 0 Å². The predicted molar refractivity (Wildman–Crippen MR) is 61.9 cm³/mol. The van der Waals surface area contributed by atoms with Crippen molar-refractivity contribution in [2.24, 2.45) is 0 Å². The van der Waals surface area contributed by atoms with E-state index in [1.54, 1.807) is 6.33 Å². The van der Waals surface area contributed by atoms with Gasteiger partial charge in [0.05, 0.1) is 12.0 Å². The molecule has 0 radical (unpaired) electrons. The van der Waals surface area contributed by atoms with Gasteiger partial charge in [-0.2, -0.15) is 5.26 Å². The van der Waals surface area contributed by atoms with Crippen molar-refractivity contribution < 1.29 is 0 Å². The SMILES string of the molecule is Cc1ccc(CCc2[nH]cnc2C#N)cc1. The highest BCUT2D eigenvalue weighted by molar-refractivity contribution is 5.27. The lowest BCUT2D eigenvalue weighted by molar-refractivity contribution is 0.920. The maximum atomic E-state index is 8.81. The lowest BCUT2D eigenvalue weighted by atomic mass is 10.1. The molecule has 0 atom stereocenters. The third-order valence-electron chi connectivity index (χ3n) is 2.61. The van der Waals surface area contributed by atoms with E-state index in [9.17, 15) is 0 Å². The molecule has 2 aromatic rings. The van der Waals surface area contributed by atoms with Crippen molar-refractivity contribution >= 4 is 0 Å². The maximum absolute atomic E-state index is 8.81. The molecule has 1 heterocycles. The molecule has 3 nitrogen and oxygen atoms in total. The number of nitriles is 1. The van der Waals surface area contributed by atoms with Gasteiger partial charge in [0.2, 0.25) is 0 Å². The van der Waals surface area contributed by atoms with E-state index in [0.29, 0.717) is 5.69 Å². The number of benzene rings is 1. The maximum Gasteiger partial charge on any atom is 0.161 e. The Morgan fingerprint density at radius 2 is 2.00 bits per heavy atom. The average molecular weight is 211 g/mol. The molecule has 0 unspecified atom stereocenters. The van der Waals surface area contributed by atoms with Crippen LogP contribution in [0.1, 0.15) is 22.5 Å². The lowest BCUT2D eigenvalue weighted by Gasteiger charge is -2.00. The number of aromatic nitrogens is 2. The summed E-state index contributed by atoms with van der Waals surface area (Å²) in [5.41, 5.74) is 3.97. The largest absolute Gasteiger partial charge is 0.347 e. The number of imidazole rings is 1. The molecule has 1 aromatic carbocycles. The van der Waals surface area contributed by atoms with Crippen LogP contribution < -0.4 is 0 Å². The summed E-state index contributed by atoms with van der Waals surface area (Å²) in [6.45, 7) is 2.08. The van der Waals surface area contributed by atoms with E-state index in [1.807, 2.05) is 0 Å². The summed E-state index contributed by atoms with van der Waals surface area (Å²) < 4.78 is 0. The van der Waals surface area contributed by atoms with E-state index >= 15 is 0 Å². The highest BCUT2D eigenvalue weighted by atomic mass is 14.9. The first-order valence-corrected chi connectivity index (χ1v) is 5.27. The van der Waals surface area contributed by atoms with Crippen molar-refractivity contribution in [3.8, 4) is 6.07 Å². The first-order valence-electron chi connectivity index (χ1n) is 5.27. The van der Waals surface area contributed by atoms with Crippen LogP contribution in [0, 0.1) is 18.3 Å². The Hall–Kier alpha value is -2.08. The van der Waals surface area contributed by atoms with Crippen molar-refractivity contribution in [2.75, 3.05) is 0 Å². The lowest BCUT2D eigenvalue weighted by Crippen LogP contribution is -1.94. The fourth-order valence-corrected chi connectivity index (χ4v) is 1.63. The van der Waals surface area contributed by atoms with Crippen molar-refractivity contribution in [1.82, 2.24) is 9.97 Å². The number of rotatable bonds is 3. The van der Waals surface area contributed by atoms with Crippen LogP contribution >= 0.6 is 0 Å². The Labute approximate surface area is 94.8 Å². The van der Waals surface area contributed by atoms with Crippen LogP contribution in [-0.4, -0.2) is 9.97 Å². The predicted octanol–water partition coefficient (Wildman–Crippen LogP) is 2.38. The molecule has 0 bridgehead atoms. The topological polar surface area (TPSA) is 52.5 Å². The second-order valence-electron chi connectivity index (χ2n) is 3.83. The van der Waals surface area contributed by atoms with Gasteiger partial charge in [0.1, 0.15) is 6.07 Å². The monoisotopic (exact) mass is 211 g/mol. The number of aromatic amines is 1. The molecule has 0 saturated heterocycles. The summed E-state index contributed by atoms with van der Waals surface area (Å²) in [6.07, 6.45) is 3.33. The third kappa shape index (κ3) is 2.29. The van der Waals surface area contributed by atoms with Gasteiger partial charge in [0, 0.05) is 0 Å². The minimum Gasteiger partial charge on any atom is -0.347 e. The van der Waals surface area contributed by atoms with Crippen LogP contribution in [0.25, 0.3) is 0 Å². The van der Waals surface area contributed by atoms with Crippen molar-refractivity contribution in [3.05, 3.63) is 53.1 Å². The van der Waals surface area contributed by atoms with Crippen molar-refractivity contribution in [3.63, 3.8) is 0 Å².